The van der Waals surface area contributed by atoms with Crippen LogP contribution in [0.4, 0.5) is 24.5 Å². The van der Waals surface area contributed by atoms with Crippen LogP contribution in [-0.2, 0) is 26.9 Å². The summed E-state index contributed by atoms with van der Waals surface area (Å²) in [6, 6.07) is 7.77. The van der Waals surface area contributed by atoms with Crippen molar-refractivity contribution in [3.8, 4) is 11.8 Å². The van der Waals surface area contributed by atoms with Gasteiger partial charge in [0.1, 0.15) is 29.0 Å². The molecule has 1 saturated carbocycles. The number of hydrogen-bond donors (Lipinski definition) is 1. The van der Waals surface area contributed by atoms with Crippen LogP contribution in [0.2, 0.25) is 0 Å². The standard InChI is InChI=1S/C35H44F3N5O4S/c1-6-24-18-25(8-9-29(24)46-17-12-23-10-15-41(16-11-23)22(2)30(44)47-33(3,4)5)43-32(48)42(31(45)34(43)13-7-14-34)26-19-27(35(36,37)38)28(20-39)40-21-26/h8-9,18-19,21-23,32,48H,6-7,10-17H2,1-5H3. The van der Waals surface area contributed by atoms with Gasteiger partial charge in [-0.15, -0.1) is 12.6 Å². The number of piperidine rings is 1. The van der Waals surface area contributed by atoms with Gasteiger partial charge in [-0.25, -0.2) is 4.98 Å². The molecule has 3 aliphatic rings. The van der Waals surface area contributed by atoms with Gasteiger partial charge in [0.25, 0.3) is 5.91 Å². The summed E-state index contributed by atoms with van der Waals surface area (Å²) in [5, 5.41) is 9.19. The van der Waals surface area contributed by atoms with Crippen molar-refractivity contribution in [2.75, 3.05) is 29.5 Å². The number of nitriles is 1. The molecule has 2 aromatic rings. The van der Waals surface area contributed by atoms with E-state index in [2.05, 4.69) is 9.88 Å². The van der Waals surface area contributed by atoms with Crippen molar-refractivity contribution < 1.29 is 32.2 Å². The summed E-state index contributed by atoms with van der Waals surface area (Å²) < 4.78 is 53.1. The highest BCUT2D eigenvalue weighted by Gasteiger charge is 2.60. The molecular formula is C35H44F3N5O4S. The SMILES string of the molecule is CCc1cc(N2C(S)N(c3cnc(C#N)c(C(F)(F)F)c3)C(=O)C23CCC3)ccc1OCCC1CCN(C(C)C(=O)OC(C)(C)C)CC1. The first-order chi connectivity index (χ1) is 22.6. The van der Waals surface area contributed by atoms with E-state index in [1.165, 1.54) is 11.0 Å². The lowest BCUT2D eigenvalue weighted by Crippen LogP contribution is -2.55. The maximum atomic E-state index is 13.9. The molecule has 3 heterocycles. The fraction of sp³-hybridized carbons (Fsp3) is 0.600. The van der Waals surface area contributed by atoms with E-state index in [0.29, 0.717) is 31.8 Å². The highest BCUT2D eigenvalue weighted by Crippen LogP contribution is 2.51. The summed E-state index contributed by atoms with van der Waals surface area (Å²) in [6.07, 6.45) is 1.72. The fourth-order valence-electron chi connectivity index (χ4n) is 6.89. The van der Waals surface area contributed by atoms with Crippen molar-refractivity contribution in [2.45, 2.75) is 108 Å². The molecule has 3 fully saturated rings. The average Bonchev–Trinajstić information content (AvgIpc) is 3.26. The lowest BCUT2D eigenvalue weighted by atomic mass is 9.75. The smallest absolute Gasteiger partial charge is 0.419 e. The Labute approximate surface area is 285 Å². The Morgan fingerprint density at radius 2 is 1.85 bits per heavy atom. The normalized spacial score (nSPS) is 20.8. The van der Waals surface area contributed by atoms with Crippen LogP contribution in [0.3, 0.4) is 0 Å². The number of likely N-dealkylation sites (tertiary alicyclic amines) is 1. The van der Waals surface area contributed by atoms with Crippen LogP contribution in [0, 0.1) is 17.2 Å². The number of amides is 1. The van der Waals surface area contributed by atoms with E-state index >= 15 is 0 Å². The number of thiol groups is 1. The van der Waals surface area contributed by atoms with E-state index in [4.69, 9.17) is 22.1 Å². The summed E-state index contributed by atoms with van der Waals surface area (Å²) >= 11 is 4.77. The van der Waals surface area contributed by atoms with E-state index in [9.17, 15) is 28.0 Å². The number of ether oxygens (including phenoxy) is 2. The molecule has 9 nitrogen and oxygen atoms in total. The van der Waals surface area contributed by atoms with E-state index in [1.807, 2.05) is 57.7 Å². The van der Waals surface area contributed by atoms with Gasteiger partial charge in [-0.3, -0.25) is 19.4 Å². The number of nitrogens with zero attached hydrogens (tertiary/aromatic N) is 5. The van der Waals surface area contributed by atoms with E-state index in [0.717, 1.165) is 68.0 Å². The number of pyridine rings is 1. The third-order valence-electron chi connectivity index (χ3n) is 9.71. The second kappa shape index (κ2) is 13.8. The van der Waals surface area contributed by atoms with E-state index < -0.39 is 34.1 Å². The second-order valence-corrected chi connectivity index (χ2v) is 14.4. The molecule has 0 bridgehead atoms. The quantitative estimate of drug-likeness (QED) is 0.229. The number of rotatable bonds is 9. The molecule has 13 heteroatoms. The van der Waals surface area contributed by atoms with Crippen LogP contribution >= 0.6 is 12.6 Å². The second-order valence-electron chi connectivity index (χ2n) is 13.9. The molecule has 1 spiro atoms. The van der Waals surface area contributed by atoms with Gasteiger partial charge in [0.15, 0.2) is 11.2 Å². The predicted octanol–water partition coefficient (Wildman–Crippen LogP) is 6.73. The maximum Gasteiger partial charge on any atom is 0.419 e. The molecular weight excluding hydrogens is 643 g/mol. The van der Waals surface area contributed by atoms with Gasteiger partial charge >= 0.3 is 12.1 Å². The highest BCUT2D eigenvalue weighted by atomic mass is 32.1. The lowest BCUT2D eigenvalue weighted by Gasteiger charge is -2.44. The van der Waals surface area contributed by atoms with Gasteiger partial charge in [0, 0.05) is 5.69 Å². The summed E-state index contributed by atoms with van der Waals surface area (Å²) in [7, 11) is 0. The lowest BCUT2D eigenvalue weighted by molar-refractivity contribution is -0.161. The molecule has 2 saturated heterocycles. The Bertz CT molecular complexity index is 1560. The van der Waals surface area contributed by atoms with E-state index in [-0.39, 0.29) is 23.6 Å². The fourth-order valence-corrected chi connectivity index (χ4v) is 7.48. The molecule has 48 heavy (non-hydrogen) atoms. The van der Waals surface area contributed by atoms with Crippen molar-refractivity contribution in [3.63, 3.8) is 0 Å². The number of aryl methyl sites for hydroxylation is 1. The number of halogens is 3. The first-order valence-corrected chi connectivity index (χ1v) is 17.1. The molecule has 0 N–H and O–H groups in total. The third-order valence-corrected chi connectivity index (χ3v) is 10.2. The molecule has 2 aliphatic heterocycles. The number of benzene rings is 1. The van der Waals surface area contributed by atoms with Crippen molar-refractivity contribution in [1.29, 1.82) is 5.26 Å². The van der Waals surface area contributed by atoms with Crippen molar-refractivity contribution >= 4 is 35.9 Å². The number of carbonyl (C=O) groups excluding carboxylic acids is 2. The summed E-state index contributed by atoms with van der Waals surface area (Å²) in [5.41, 5.74) is -2.62. The predicted molar refractivity (Wildman–Crippen MR) is 179 cm³/mol. The molecule has 260 valence electrons. The van der Waals surface area contributed by atoms with E-state index in [1.54, 1.807) is 0 Å². The first-order valence-electron chi connectivity index (χ1n) is 16.6. The van der Waals surface area contributed by atoms with Gasteiger partial charge in [0.2, 0.25) is 0 Å². The minimum Gasteiger partial charge on any atom is -0.493 e. The molecule has 5 rings (SSSR count). The number of carbonyl (C=O) groups is 2. The topological polar surface area (TPSA) is 99.0 Å². The van der Waals surface area contributed by atoms with Gasteiger partial charge < -0.3 is 14.4 Å². The van der Waals surface area contributed by atoms with Crippen LogP contribution in [0.5, 0.6) is 5.75 Å². The van der Waals surface area contributed by atoms with Gasteiger partial charge in [-0.05, 0) is 121 Å². The monoisotopic (exact) mass is 687 g/mol. The Morgan fingerprint density at radius 3 is 2.42 bits per heavy atom. The highest BCUT2D eigenvalue weighted by molar-refractivity contribution is 7.81. The largest absolute Gasteiger partial charge is 0.493 e. The van der Waals surface area contributed by atoms with Crippen LogP contribution in [0.15, 0.2) is 30.5 Å². The number of anilines is 2. The van der Waals surface area contributed by atoms with Crippen LogP contribution in [0.25, 0.3) is 0 Å². The molecule has 0 radical (unpaired) electrons. The van der Waals surface area contributed by atoms with Crippen molar-refractivity contribution in [3.05, 3.63) is 47.3 Å². The zero-order valence-electron chi connectivity index (χ0n) is 28.1. The summed E-state index contributed by atoms with van der Waals surface area (Å²) in [6.45, 7) is 11.7. The molecule has 1 aromatic carbocycles. The Kier molecular flexibility index (Phi) is 10.3. The maximum absolute atomic E-state index is 13.9. The minimum atomic E-state index is -4.81. The number of alkyl halides is 3. The first kappa shape index (κ1) is 35.8. The number of aromatic nitrogens is 1. The molecule has 1 amide bonds. The Hall–Kier alpha value is -3.50. The van der Waals surface area contributed by atoms with Crippen LogP contribution < -0.4 is 14.5 Å². The molecule has 2 unspecified atom stereocenters. The third kappa shape index (κ3) is 7.10. The van der Waals surface area contributed by atoms with Gasteiger partial charge in [-0.2, -0.15) is 18.4 Å². The van der Waals surface area contributed by atoms with Crippen molar-refractivity contribution in [2.24, 2.45) is 5.92 Å². The van der Waals surface area contributed by atoms with Crippen LogP contribution in [-0.4, -0.2) is 64.1 Å². The van der Waals surface area contributed by atoms with Gasteiger partial charge in [0.05, 0.1) is 24.1 Å². The summed E-state index contributed by atoms with van der Waals surface area (Å²) in [5.74, 6) is 0.707. The zero-order chi connectivity index (χ0) is 35.0. The van der Waals surface area contributed by atoms with Gasteiger partial charge in [-0.1, -0.05) is 6.92 Å². The number of hydrogen-bond acceptors (Lipinski definition) is 9. The van der Waals surface area contributed by atoms with Crippen LogP contribution in [0.1, 0.15) is 90.0 Å². The molecule has 2 atom stereocenters. The minimum absolute atomic E-state index is 0.0547. The van der Waals surface area contributed by atoms with Crippen molar-refractivity contribution in [1.82, 2.24) is 9.88 Å². The average molecular weight is 688 g/mol. The zero-order valence-corrected chi connectivity index (χ0v) is 29.0. The number of esters is 1. The molecule has 1 aliphatic carbocycles. The molecule has 1 aromatic heterocycles. The Morgan fingerprint density at radius 1 is 1.17 bits per heavy atom. The Balaban J connectivity index is 1.25. The summed E-state index contributed by atoms with van der Waals surface area (Å²) in [4.78, 5) is 35.5.